The molecular formula is C18H17N3O4. The smallest absolute Gasteiger partial charge is 0.263 e. The molecule has 0 bridgehead atoms. The second-order valence-electron chi connectivity index (χ2n) is 5.38. The highest BCUT2D eigenvalue weighted by Gasteiger charge is 2.15. The van der Waals surface area contributed by atoms with E-state index in [2.05, 4.69) is 10.3 Å². The van der Waals surface area contributed by atoms with Gasteiger partial charge < -0.3 is 19.7 Å². The van der Waals surface area contributed by atoms with Crippen molar-refractivity contribution >= 4 is 22.6 Å². The van der Waals surface area contributed by atoms with Gasteiger partial charge >= 0.3 is 0 Å². The fourth-order valence-corrected chi connectivity index (χ4v) is 2.50. The Bertz CT molecular complexity index is 967. The van der Waals surface area contributed by atoms with Crippen molar-refractivity contribution in [2.45, 2.75) is 0 Å². The second kappa shape index (κ2) is 7.14. The number of ether oxygens (including phenoxy) is 1. The molecule has 0 aliphatic heterocycles. The molecule has 0 fully saturated rings. The Morgan fingerprint density at radius 3 is 2.84 bits per heavy atom. The number of pyridine rings is 2. The molecule has 0 unspecified atom stereocenters. The molecule has 2 N–H and O–H groups in total. The van der Waals surface area contributed by atoms with Gasteiger partial charge in [-0.05, 0) is 36.4 Å². The monoisotopic (exact) mass is 339 g/mol. The predicted octanol–water partition coefficient (Wildman–Crippen LogP) is 1.56. The maximum Gasteiger partial charge on any atom is 0.263 e. The highest BCUT2D eigenvalue weighted by atomic mass is 16.5. The molecule has 25 heavy (non-hydrogen) atoms. The number of carbonyl (C=O) groups is 1. The number of aliphatic hydroxyl groups excluding tert-OH is 1. The average molecular weight is 339 g/mol. The van der Waals surface area contributed by atoms with Crippen LogP contribution in [-0.4, -0.2) is 33.8 Å². The minimum atomic E-state index is -0.525. The molecule has 3 aromatic rings. The van der Waals surface area contributed by atoms with Crippen molar-refractivity contribution in [3.8, 4) is 5.75 Å². The Hall–Kier alpha value is -3.19. The van der Waals surface area contributed by atoms with Gasteiger partial charge in [0.25, 0.3) is 11.5 Å². The predicted molar refractivity (Wildman–Crippen MR) is 94.0 cm³/mol. The molecule has 7 nitrogen and oxygen atoms in total. The van der Waals surface area contributed by atoms with Crippen molar-refractivity contribution in [2.24, 2.45) is 7.05 Å². The first-order chi connectivity index (χ1) is 12.1. The molecule has 128 valence electrons. The number of nitrogens with zero attached hydrogens (tertiary/aromatic N) is 2. The van der Waals surface area contributed by atoms with Gasteiger partial charge in [-0.15, -0.1) is 0 Å². The fraction of sp³-hybridized carbons (Fsp3) is 0.167. The van der Waals surface area contributed by atoms with Crippen molar-refractivity contribution < 1.29 is 14.6 Å². The van der Waals surface area contributed by atoms with Crippen LogP contribution in [0.15, 0.2) is 53.5 Å². The van der Waals surface area contributed by atoms with Gasteiger partial charge in [0.05, 0.1) is 12.1 Å². The van der Waals surface area contributed by atoms with Gasteiger partial charge in [0.1, 0.15) is 23.7 Å². The van der Waals surface area contributed by atoms with Crippen LogP contribution in [-0.2, 0) is 7.05 Å². The van der Waals surface area contributed by atoms with Gasteiger partial charge in [-0.3, -0.25) is 9.59 Å². The van der Waals surface area contributed by atoms with E-state index in [0.717, 1.165) is 0 Å². The number of hydrogen-bond acceptors (Lipinski definition) is 5. The molecule has 0 spiro atoms. The molecule has 2 heterocycles. The van der Waals surface area contributed by atoms with Gasteiger partial charge in [0.15, 0.2) is 0 Å². The Kier molecular flexibility index (Phi) is 4.76. The molecule has 7 heteroatoms. The summed E-state index contributed by atoms with van der Waals surface area (Å²) in [7, 11) is 1.61. The van der Waals surface area contributed by atoms with Crippen molar-refractivity contribution in [1.82, 2.24) is 9.55 Å². The third-order valence-electron chi connectivity index (χ3n) is 3.71. The SMILES string of the molecule is Cn1c(=O)c(C(=O)Nc2ccccn2)cc2cc(OCCO)ccc21. The summed E-state index contributed by atoms with van der Waals surface area (Å²) in [5, 5.41) is 12.1. The zero-order valence-electron chi connectivity index (χ0n) is 13.6. The van der Waals surface area contributed by atoms with Crippen molar-refractivity contribution in [2.75, 3.05) is 18.5 Å². The number of carbonyl (C=O) groups excluding carboxylic acids is 1. The highest BCUT2D eigenvalue weighted by molar-refractivity contribution is 6.05. The van der Waals surface area contributed by atoms with Crippen LogP contribution >= 0.6 is 0 Å². The summed E-state index contributed by atoms with van der Waals surface area (Å²) >= 11 is 0. The fourth-order valence-electron chi connectivity index (χ4n) is 2.50. The summed E-state index contributed by atoms with van der Waals surface area (Å²) in [5.74, 6) is 0.397. The van der Waals surface area contributed by atoms with Gasteiger partial charge in [-0.1, -0.05) is 6.07 Å². The Balaban J connectivity index is 2.00. The topological polar surface area (TPSA) is 93.5 Å². The minimum absolute atomic E-state index is 0.0139. The van der Waals surface area contributed by atoms with E-state index in [4.69, 9.17) is 9.84 Å². The summed E-state index contributed by atoms with van der Waals surface area (Å²) in [5.41, 5.74) is 0.292. The van der Waals surface area contributed by atoms with Crippen LogP contribution in [0.4, 0.5) is 5.82 Å². The van der Waals surface area contributed by atoms with Crippen LogP contribution in [0.2, 0.25) is 0 Å². The highest BCUT2D eigenvalue weighted by Crippen LogP contribution is 2.20. The number of anilines is 1. The van der Waals surface area contributed by atoms with Crippen LogP contribution in [0.25, 0.3) is 10.9 Å². The van der Waals surface area contributed by atoms with Gasteiger partial charge in [-0.2, -0.15) is 0 Å². The van der Waals surface area contributed by atoms with E-state index >= 15 is 0 Å². The molecule has 0 atom stereocenters. The first-order valence-corrected chi connectivity index (χ1v) is 7.70. The van der Waals surface area contributed by atoms with E-state index in [9.17, 15) is 9.59 Å². The standard InChI is InChI=1S/C18H17N3O4/c1-21-15-6-5-13(25-9-8-22)10-12(15)11-14(18(21)24)17(23)20-16-4-2-3-7-19-16/h2-7,10-11,22H,8-9H2,1H3,(H,19,20,23). The number of aliphatic hydroxyl groups is 1. The maximum atomic E-state index is 12.5. The Morgan fingerprint density at radius 2 is 2.12 bits per heavy atom. The van der Waals surface area contributed by atoms with Crippen LogP contribution in [0.5, 0.6) is 5.75 Å². The van der Waals surface area contributed by atoms with Crippen LogP contribution in [0.1, 0.15) is 10.4 Å². The summed E-state index contributed by atoms with van der Waals surface area (Å²) in [6.45, 7) is 0.0767. The zero-order valence-corrected chi connectivity index (χ0v) is 13.6. The van der Waals surface area contributed by atoms with E-state index in [-0.39, 0.29) is 18.8 Å². The molecule has 1 amide bonds. The number of hydrogen-bond donors (Lipinski definition) is 2. The van der Waals surface area contributed by atoms with Crippen molar-refractivity contribution in [1.29, 1.82) is 0 Å². The molecule has 0 aliphatic carbocycles. The molecular weight excluding hydrogens is 322 g/mol. The lowest BCUT2D eigenvalue weighted by molar-refractivity contribution is 0.102. The molecule has 1 aromatic carbocycles. The van der Waals surface area contributed by atoms with E-state index < -0.39 is 11.5 Å². The lowest BCUT2D eigenvalue weighted by Crippen LogP contribution is -2.28. The maximum absolute atomic E-state index is 12.5. The largest absolute Gasteiger partial charge is 0.491 e. The number of nitrogens with one attached hydrogen (secondary N) is 1. The molecule has 2 aromatic heterocycles. The third-order valence-corrected chi connectivity index (χ3v) is 3.71. The van der Waals surface area contributed by atoms with Gasteiger partial charge in [-0.25, -0.2) is 4.98 Å². The number of benzene rings is 1. The molecule has 0 saturated carbocycles. The lowest BCUT2D eigenvalue weighted by atomic mass is 10.1. The molecule has 0 saturated heterocycles. The van der Waals surface area contributed by atoms with Crippen LogP contribution in [0, 0.1) is 0 Å². The zero-order chi connectivity index (χ0) is 17.8. The first-order valence-electron chi connectivity index (χ1n) is 7.70. The van der Waals surface area contributed by atoms with E-state index in [1.54, 1.807) is 49.6 Å². The van der Waals surface area contributed by atoms with Gasteiger partial charge in [0, 0.05) is 18.6 Å². The van der Waals surface area contributed by atoms with Crippen LogP contribution in [0.3, 0.4) is 0 Å². The summed E-state index contributed by atoms with van der Waals surface area (Å²) in [6.07, 6.45) is 1.55. The second-order valence-corrected chi connectivity index (χ2v) is 5.38. The minimum Gasteiger partial charge on any atom is -0.491 e. The number of aromatic nitrogens is 2. The number of aryl methyl sites for hydroxylation is 1. The lowest BCUT2D eigenvalue weighted by Gasteiger charge is -2.11. The summed E-state index contributed by atoms with van der Waals surface area (Å²) in [6, 6.07) is 11.8. The molecule has 3 rings (SSSR count). The number of rotatable bonds is 5. The average Bonchev–Trinajstić information content (AvgIpc) is 2.63. The normalized spacial score (nSPS) is 10.6. The number of fused-ring (bicyclic) bond motifs is 1. The third kappa shape index (κ3) is 3.51. The quantitative estimate of drug-likeness (QED) is 0.736. The van der Waals surface area contributed by atoms with Crippen LogP contribution < -0.4 is 15.6 Å². The van der Waals surface area contributed by atoms with Crippen molar-refractivity contribution in [3.63, 3.8) is 0 Å². The summed E-state index contributed by atoms with van der Waals surface area (Å²) < 4.78 is 6.80. The van der Waals surface area contributed by atoms with E-state index in [1.165, 1.54) is 10.6 Å². The summed E-state index contributed by atoms with van der Waals surface area (Å²) in [4.78, 5) is 29.0. The number of amides is 1. The molecule has 0 aliphatic rings. The van der Waals surface area contributed by atoms with Crippen molar-refractivity contribution in [3.05, 3.63) is 64.6 Å². The van der Waals surface area contributed by atoms with Gasteiger partial charge in [0.2, 0.25) is 0 Å². The Morgan fingerprint density at radius 1 is 1.28 bits per heavy atom. The first kappa shape index (κ1) is 16.7. The Labute approximate surface area is 143 Å². The van der Waals surface area contributed by atoms with E-state index in [1.807, 2.05) is 0 Å². The van der Waals surface area contributed by atoms with E-state index in [0.29, 0.717) is 22.5 Å². The molecule has 0 radical (unpaired) electrons.